The van der Waals surface area contributed by atoms with Crippen LogP contribution in [0.2, 0.25) is 0 Å². The summed E-state index contributed by atoms with van der Waals surface area (Å²) >= 11 is 0. The molecule has 0 saturated carbocycles. The van der Waals surface area contributed by atoms with Crippen molar-refractivity contribution in [3.05, 3.63) is 28.8 Å². The molecule has 1 aromatic carbocycles. The number of benzene rings is 1. The van der Waals surface area contributed by atoms with E-state index < -0.39 is 0 Å². The molecule has 0 radical (unpaired) electrons. The number of anilines is 1. The topological polar surface area (TPSA) is 24.1 Å². The SMILES string of the molecule is CNCC1CCc2ccc(C)c(C)c2N1. The van der Waals surface area contributed by atoms with Gasteiger partial charge in [-0.1, -0.05) is 12.1 Å². The summed E-state index contributed by atoms with van der Waals surface area (Å²) in [5, 5.41) is 6.88. The molecule has 2 heteroatoms. The molecule has 0 aromatic heterocycles. The van der Waals surface area contributed by atoms with Gasteiger partial charge in [0.2, 0.25) is 0 Å². The van der Waals surface area contributed by atoms with E-state index in [0.29, 0.717) is 6.04 Å². The van der Waals surface area contributed by atoms with Gasteiger partial charge in [-0.3, -0.25) is 0 Å². The molecule has 0 bridgehead atoms. The highest BCUT2D eigenvalue weighted by molar-refractivity contribution is 5.61. The number of likely N-dealkylation sites (N-methyl/N-ethyl adjacent to an activating group) is 1. The lowest BCUT2D eigenvalue weighted by atomic mass is 9.93. The van der Waals surface area contributed by atoms with Crippen LogP contribution in [-0.4, -0.2) is 19.6 Å². The largest absolute Gasteiger partial charge is 0.381 e. The molecular formula is C13H20N2. The lowest BCUT2D eigenvalue weighted by Crippen LogP contribution is -2.34. The highest BCUT2D eigenvalue weighted by Crippen LogP contribution is 2.29. The monoisotopic (exact) mass is 204 g/mol. The van der Waals surface area contributed by atoms with Gasteiger partial charge in [0.25, 0.3) is 0 Å². The van der Waals surface area contributed by atoms with Gasteiger partial charge in [0.05, 0.1) is 0 Å². The van der Waals surface area contributed by atoms with E-state index in [4.69, 9.17) is 0 Å². The van der Waals surface area contributed by atoms with Crippen LogP contribution < -0.4 is 10.6 Å². The quantitative estimate of drug-likeness (QED) is 0.772. The van der Waals surface area contributed by atoms with E-state index in [2.05, 4.69) is 36.6 Å². The van der Waals surface area contributed by atoms with Crippen LogP contribution in [0.25, 0.3) is 0 Å². The molecule has 0 fully saturated rings. The van der Waals surface area contributed by atoms with E-state index >= 15 is 0 Å². The van der Waals surface area contributed by atoms with Crippen molar-refractivity contribution in [2.75, 3.05) is 18.9 Å². The normalized spacial score (nSPS) is 19.5. The molecule has 82 valence electrons. The van der Waals surface area contributed by atoms with Crippen LogP contribution >= 0.6 is 0 Å². The van der Waals surface area contributed by atoms with Crippen LogP contribution in [0, 0.1) is 13.8 Å². The summed E-state index contributed by atoms with van der Waals surface area (Å²) in [6.45, 7) is 5.44. The van der Waals surface area contributed by atoms with Gasteiger partial charge in [0.1, 0.15) is 0 Å². The maximum atomic E-state index is 3.64. The van der Waals surface area contributed by atoms with Crippen LogP contribution in [-0.2, 0) is 6.42 Å². The zero-order chi connectivity index (χ0) is 10.8. The van der Waals surface area contributed by atoms with Crippen LogP contribution in [0.1, 0.15) is 23.1 Å². The third-order valence-electron chi connectivity index (χ3n) is 3.38. The molecule has 15 heavy (non-hydrogen) atoms. The lowest BCUT2D eigenvalue weighted by Gasteiger charge is -2.29. The Hall–Kier alpha value is -1.02. The Kier molecular flexibility index (Phi) is 2.96. The first-order valence-electron chi connectivity index (χ1n) is 5.72. The second-order valence-corrected chi connectivity index (χ2v) is 4.48. The standard InChI is InChI=1S/C13H20N2/c1-9-4-5-11-6-7-12(8-14-3)15-13(11)10(9)2/h4-5,12,14-15H,6-8H2,1-3H3. The molecule has 1 heterocycles. The summed E-state index contributed by atoms with van der Waals surface area (Å²) in [5.41, 5.74) is 5.65. The molecule has 2 N–H and O–H groups in total. The molecule has 1 aliphatic rings. The number of nitrogens with one attached hydrogen (secondary N) is 2. The predicted octanol–water partition coefficient (Wildman–Crippen LogP) is 2.25. The van der Waals surface area contributed by atoms with E-state index in [1.165, 1.54) is 35.2 Å². The molecular weight excluding hydrogens is 184 g/mol. The second-order valence-electron chi connectivity index (χ2n) is 4.48. The second kappa shape index (κ2) is 4.23. The summed E-state index contributed by atoms with van der Waals surface area (Å²) in [6.07, 6.45) is 2.44. The summed E-state index contributed by atoms with van der Waals surface area (Å²) in [7, 11) is 2.01. The average molecular weight is 204 g/mol. The zero-order valence-corrected chi connectivity index (χ0v) is 9.85. The molecule has 0 spiro atoms. The Morgan fingerprint density at radius 2 is 2.20 bits per heavy atom. The first-order chi connectivity index (χ1) is 7.22. The first kappa shape index (κ1) is 10.5. The summed E-state index contributed by atoms with van der Waals surface area (Å²) < 4.78 is 0. The molecule has 1 aliphatic heterocycles. The van der Waals surface area contributed by atoms with Gasteiger partial charge in [-0.15, -0.1) is 0 Å². The highest BCUT2D eigenvalue weighted by Gasteiger charge is 2.18. The van der Waals surface area contributed by atoms with Gasteiger partial charge >= 0.3 is 0 Å². The molecule has 2 nitrogen and oxygen atoms in total. The highest BCUT2D eigenvalue weighted by atomic mass is 15.0. The third kappa shape index (κ3) is 2.00. The first-order valence-corrected chi connectivity index (χ1v) is 5.72. The van der Waals surface area contributed by atoms with Crippen molar-refractivity contribution in [3.8, 4) is 0 Å². The van der Waals surface area contributed by atoms with Gasteiger partial charge < -0.3 is 10.6 Å². The number of fused-ring (bicyclic) bond motifs is 1. The molecule has 2 rings (SSSR count). The van der Waals surface area contributed by atoms with Gasteiger partial charge in [-0.25, -0.2) is 0 Å². The lowest BCUT2D eigenvalue weighted by molar-refractivity contribution is 0.592. The summed E-state index contributed by atoms with van der Waals surface area (Å²) in [6, 6.07) is 5.08. The van der Waals surface area contributed by atoms with E-state index in [1.807, 2.05) is 7.05 Å². The number of hydrogen-bond acceptors (Lipinski definition) is 2. The van der Waals surface area contributed by atoms with Crippen LogP contribution in [0.3, 0.4) is 0 Å². The van der Waals surface area contributed by atoms with E-state index in [0.717, 1.165) is 6.54 Å². The maximum Gasteiger partial charge on any atom is 0.0407 e. The number of hydrogen-bond donors (Lipinski definition) is 2. The smallest absolute Gasteiger partial charge is 0.0407 e. The fraction of sp³-hybridized carbons (Fsp3) is 0.538. The van der Waals surface area contributed by atoms with Crippen molar-refractivity contribution in [2.45, 2.75) is 32.7 Å². The minimum Gasteiger partial charge on any atom is -0.381 e. The van der Waals surface area contributed by atoms with Gasteiger partial charge in [0, 0.05) is 18.3 Å². The van der Waals surface area contributed by atoms with Crippen molar-refractivity contribution in [1.82, 2.24) is 5.32 Å². The fourth-order valence-corrected chi connectivity index (χ4v) is 2.29. The molecule has 0 saturated heterocycles. The van der Waals surface area contributed by atoms with Crippen molar-refractivity contribution in [1.29, 1.82) is 0 Å². The summed E-state index contributed by atoms with van der Waals surface area (Å²) in [4.78, 5) is 0. The maximum absolute atomic E-state index is 3.64. The van der Waals surface area contributed by atoms with Crippen molar-refractivity contribution in [3.63, 3.8) is 0 Å². The Morgan fingerprint density at radius 1 is 1.40 bits per heavy atom. The van der Waals surface area contributed by atoms with E-state index in [-0.39, 0.29) is 0 Å². The molecule has 1 unspecified atom stereocenters. The fourth-order valence-electron chi connectivity index (χ4n) is 2.29. The molecule has 1 atom stereocenters. The minimum absolute atomic E-state index is 0.586. The van der Waals surface area contributed by atoms with Crippen LogP contribution in [0.15, 0.2) is 12.1 Å². The molecule has 0 aliphatic carbocycles. The van der Waals surface area contributed by atoms with E-state index in [1.54, 1.807) is 0 Å². The zero-order valence-electron chi connectivity index (χ0n) is 9.85. The van der Waals surface area contributed by atoms with Crippen molar-refractivity contribution in [2.24, 2.45) is 0 Å². The van der Waals surface area contributed by atoms with Crippen LogP contribution in [0.4, 0.5) is 5.69 Å². The molecule has 1 aromatic rings. The van der Waals surface area contributed by atoms with Crippen molar-refractivity contribution >= 4 is 5.69 Å². The minimum atomic E-state index is 0.586. The number of rotatable bonds is 2. The van der Waals surface area contributed by atoms with Gasteiger partial charge in [0.15, 0.2) is 0 Å². The van der Waals surface area contributed by atoms with Crippen LogP contribution in [0.5, 0.6) is 0 Å². The Morgan fingerprint density at radius 3 is 2.93 bits per heavy atom. The average Bonchev–Trinajstić information content (AvgIpc) is 2.25. The van der Waals surface area contributed by atoms with Gasteiger partial charge in [-0.05, 0) is 50.4 Å². The molecule has 0 amide bonds. The Bertz CT molecular complexity index is 358. The van der Waals surface area contributed by atoms with E-state index in [9.17, 15) is 0 Å². The summed E-state index contributed by atoms with van der Waals surface area (Å²) in [5.74, 6) is 0. The Labute approximate surface area is 92.1 Å². The van der Waals surface area contributed by atoms with Crippen molar-refractivity contribution < 1.29 is 0 Å². The third-order valence-corrected chi connectivity index (χ3v) is 3.38. The number of aryl methyl sites for hydroxylation is 2. The predicted molar refractivity (Wildman–Crippen MR) is 65.6 cm³/mol. The van der Waals surface area contributed by atoms with Gasteiger partial charge in [-0.2, -0.15) is 0 Å². The Balaban J connectivity index is 2.27.